The number of tetrazole rings is 1. The van der Waals surface area contributed by atoms with Crippen molar-refractivity contribution in [2.24, 2.45) is 5.92 Å². The number of H-pyrrole nitrogens is 1. The summed E-state index contributed by atoms with van der Waals surface area (Å²) in [6, 6.07) is 30.5. The topological polar surface area (TPSA) is 104 Å². The quantitative estimate of drug-likeness (QED) is 0.152. The van der Waals surface area contributed by atoms with Gasteiger partial charge in [0.1, 0.15) is 0 Å². The van der Waals surface area contributed by atoms with E-state index in [0.717, 1.165) is 45.0 Å². The van der Waals surface area contributed by atoms with Gasteiger partial charge in [-0.2, -0.15) is 12.6 Å². The highest BCUT2D eigenvalue weighted by molar-refractivity contribution is 7.80. The summed E-state index contributed by atoms with van der Waals surface area (Å²) in [4.78, 5) is 28.0. The molecule has 0 radical (unpaired) electrons. The second-order valence-electron chi connectivity index (χ2n) is 10.6. The predicted octanol–water partition coefficient (Wildman–Crippen LogP) is 5.72. The molecule has 0 aliphatic rings. The van der Waals surface area contributed by atoms with Crippen molar-refractivity contribution in [3.63, 3.8) is 0 Å². The molecule has 0 saturated carbocycles. The molecule has 2 amide bonds. The Morgan fingerprint density at radius 2 is 1.67 bits per heavy atom. The van der Waals surface area contributed by atoms with Crippen molar-refractivity contribution < 1.29 is 9.59 Å². The molecule has 0 aliphatic heterocycles. The summed E-state index contributed by atoms with van der Waals surface area (Å²) in [6.07, 6.45) is 1.84. The Labute approximate surface area is 257 Å². The highest BCUT2D eigenvalue weighted by atomic mass is 32.1. The van der Waals surface area contributed by atoms with Gasteiger partial charge < -0.3 is 10.2 Å². The minimum atomic E-state index is -0.267. The van der Waals surface area contributed by atoms with Crippen LogP contribution in [0.5, 0.6) is 0 Å². The van der Waals surface area contributed by atoms with E-state index >= 15 is 0 Å². The molecule has 0 fully saturated rings. The minimum absolute atomic E-state index is 0.0456. The number of hydrogen-bond acceptors (Lipinski definition) is 6. The molecule has 220 valence electrons. The van der Waals surface area contributed by atoms with Crippen LogP contribution in [0.4, 0.5) is 0 Å². The van der Waals surface area contributed by atoms with Gasteiger partial charge in [0.2, 0.25) is 11.8 Å². The Morgan fingerprint density at radius 3 is 2.42 bits per heavy atom. The monoisotopic (exact) mass is 592 g/mol. The van der Waals surface area contributed by atoms with Gasteiger partial charge in [-0.1, -0.05) is 97.9 Å². The van der Waals surface area contributed by atoms with Crippen LogP contribution in [0, 0.1) is 5.92 Å². The van der Waals surface area contributed by atoms with Crippen LogP contribution >= 0.6 is 12.6 Å². The molecule has 1 unspecified atom stereocenters. The van der Waals surface area contributed by atoms with E-state index < -0.39 is 0 Å². The number of rotatable bonds is 13. The van der Waals surface area contributed by atoms with E-state index in [1.54, 1.807) is 0 Å². The Bertz CT molecular complexity index is 1650. The first kappa shape index (κ1) is 30.0. The van der Waals surface area contributed by atoms with Crippen LogP contribution in [0.15, 0.2) is 91.0 Å². The first-order chi connectivity index (χ1) is 21.1. The first-order valence-electron chi connectivity index (χ1n) is 14.6. The molecule has 0 bridgehead atoms. The largest absolute Gasteiger partial charge is 0.354 e. The van der Waals surface area contributed by atoms with E-state index in [4.69, 9.17) is 0 Å². The number of aromatic nitrogens is 4. The van der Waals surface area contributed by atoms with E-state index in [-0.39, 0.29) is 17.7 Å². The molecular weight excluding hydrogens is 556 g/mol. The fourth-order valence-electron chi connectivity index (χ4n) is 5.32. The number of nitrogens with one attached hydrogen (secondary N) is 2. The van der Waals surface area contributed by atoms with E-state index in [2.05, 4.69) is 62.8 Å². The number of carbonyl (C=O) groups excluding carboxylic acids is 2. The van der Waals surface area contributed by atoms with Gasteiger partial charge in [-0.25, -0.2) is 5.10 Å². The van der Waals surface area contributed by atoms with Gasteiger partial charge in [0, 0.05) is 37.4 Å². The summed E-state index contributed by atoms with van der Waals surface area (Å²) in [5.41, 5.74) is 5.10. The third kappa shape index (κ3) is 7.48. The van der Waals surface area contributed by atoms with E-state index in [1.165, 1.54) is 0 Å². The molecule has 1 aromatic heterocycles. The SMILES string of the molecule is CCCC(=O)N(CCNC(=O)C(CS)Cc1cccc2ccccc12)Cc1ccc(-c2ccccc2-c2nnn[nH]2)cc1. The lowest BCUT2D eigenvalue weighted by molar-refractivity contribution is -0.132. The summed E-state index contributed by atoms with van der Waals surface area (Å²) >= 11 is 4.49. The Morgan fingerprint density at radius 1 is 0.930 bits per heavy atom. The van der Waals surface area contributed by atoms with Crippen LogP contribution in [0.1, 0.15) is 30.9 Å². The lowest BCUT2D eigenvalue weighted by atomic mass is 9.95. The summed E-state index contributed by atoms with van der Waals surface area (Å²) in [7, 11) is 0. The van der Waals surface area contributed by atoms with Gasteiger partial charge in [-0.05, 0) is 56.3 Å². The maximum atomic E-state index is 13.2. The Kier molecular flexibility index (Phi) is 10.2. The number of benzene rings is 4. The highest BCUT2D eigenvalue weighted by Crippen LogP contribution is 2.30. The average Bonchev–Trinajstić information content (AvgIpc) is 3.59. The zero-order valence-electron chi connectivity index (χ0n) is 24.2. The maximum Gasteiger partial charge on any atom is 0.224 e. The van der Waals surface area contributed by atoms with Gasteiger partial charge in [0.15, 0.2) is 5.82 Å². The summed E-state index contributed by atoms with van der Waals surface area (Å²) < 4.78 is 0. The van der Waals surface area contributed by atoms with Gasteiger partial charge in [0.25, 0.3) is 0 Å². The van der Waals surface area contributed by atoms with E-state index in [0.29, 0.717) is 44.1 Å². The molecule has 43 heavy (non-hydrogen) atoms. The molecule has 0 saturated heterocycles. The zero-order chi connectivity index (χ0) is 30.0. The summed E-state index contributed by atoms with van der Waals surface area (Å²) in [5.74, 6) is 0.810. The standard InChI is InChI=1S/C34H36N6O2S/c1-2-8-32(41)40(20-19-35-34(42)28(23-43)21-27-11-7-10-25-9-3-4-12-29(25)27)22-24-15-17-26(18-16-24)30-13-5-6-14-31(30)33-36-38-39-37-33/h3-7,9-18,28,43H,2,8,19-23H2,1H3,(H,35,42)(H,36,37,38,39). The molecule has 5 aromatic rings. The van der Waals surface area contributed by atoms with Crippen molar-refractivity contribution in [1.82, 2.24) is 30.8 Å². The third-order valence-electron chi connectivity index (χ3n) is 7.60. The number of thiol groups is 1. The van der Waals surface area contributed by atoms with Crippen LogP contribution in [-0.2, 0) is 22.6 Å². The van der Waals surface area contributed by atoms with Gasteiger partial charge >= 0.3 is 0 Å². The number of carbonyl (C=O) groups is 2. The Balaban J connectivity index is 1.22. The van der Waals surface area contributed by atoms with E-state index in [1.807, 2.05) is 78.6 Å². The number of aromatic amines is 1. The second kappa shape index (κ2) is 14.6. The van der Waals surface area contributed by atoms with Crippen LogP contribution < -0.4 is 5.32 Å². The normalized spacial score (nSPS) is 11.8. The zero-order valence-corrected chi connectivity index (χ0v) is 25.1. The lowest BCUT2D eigenvalue weighted by Gasteiger charge is -2.24. The molecule has 8 nitrogen and oxygen atoms in total. The molecule has 5 rings (SSSR count). The molecule has 0 spiro atoms. The Hall–Kier alpha value is -4.50. The van der Waals surface area contributed by atoms with Crippen molar-refractivity contribution in [2.75, 3.05) is 18.8 Å². The van der Waals surface area contributed by atoms with Crippen molar-refractivity contribution in [1.29, 1.82) is 0 Å². The smallest absolute Gasteiger partial charge is 0.224 e. The fraction of sp³-hybridized carbons (Fsp3) is 0.265. The molecule has 0 aliphatic carbocycles. The highest BCUT2D eigenvalue weighted by Gasteiger charge is 2.20. The maximum absolute atomic E-state index is 13.2. The van der Waals surface area contributed by atoms with Crippen molar-refractivity contribution >= 4 is 35.2 Å². The van der Waals surface area contributed by atoms with Crippen molar-refractivity contribution in [3.05, 3.63) is 102 Å². The molecule has 1 heterocycles. The third-order valence-corrected chi connectivity index (χ3v) is 8.04. The van der Waals surface area contributed by atoms with Crippen LogP contribution in [0.3, 0.4) is 0 Å². The number of fused-ring (bicyclic) bond motifs is 1. The fourth-order valence-corrected chi connectivity index (χ4v) is 5.62. The summed E-state index contributed by atoms with van der Waals surface area (Å²) in [5, 5.41) is 19.7. The number of hydrogen-bond donors (Lipinski definition) is 3. The van der Waals surface area contributed by atoms with Crippen LogP contribution in [0.25, 0.3) is 33.3 Å². The molecule has 4 aromatic carbocycles. The van der Waals surface area contributed by atoms with Crippen LogP contribution in [0.2, 0.25) is 0 Å². The van der Waals surface area contributed by atoms with Crippen molar-refractivity contribution in [2.45, 2.75) is 32.7 Å². The van der Waals surface area contributed by atoms with Crippen LogP contribution in [-0.4, -0.2) is 56.2 Å². The van der Waals surface area contributed by atoms with Crippen molar-refractivity contribution in [3.8, 4) is 22.5 Å². The summed E-state index contributed by atoms with van der Waals surface area (Å²) in [6.45, 7) is 3.28. The molecule has 9 heteroatoms. The average molecular weight is 593 g/mol. The van der Waals surface area contributed by atoms with Gasteiger partial charge in [0.05, 0.1) is 5.92 Å². The second-order valence-corrected chi connectivity index (χ2v) is 10.9. The molecule has 1 atom stereocenters. The van der Waals surface area contributed by atoms with Gasteiger partial charge in [-0.3, -0.25) is 9.59 Å². The lowest BCUT2D eigenvalue weighted by Crippen LogP contribution is -2.40. The predicted molar refractivity (Wildman–Crippen MR) is 173 cm³/mol. The molecular formula is C34H36N6O2S. The van der Waals surface area contributed by atoms with Gasteiger partial charge in [-0.15, -0.1) is 5.10 Å². The van der Waals surface area contributed by atoms with E-state index in [9.17, 15) is 9.59 Å². The molecule has 2 N–H and O–H groups in total. The first-order valence-corrected chi connectivity index (χ1v) is 15.3. The number of nitrogens with zero attached hydrogens (tertiary/aromatic N) is 4. The number of amides is 2. The minimum Gasteiger partial charge on any atom is -0.354 e.